The number of nitrogens with one attached hydrogen (secondary N) is 1. The fourth-order valence-electron chi connectivity index (χ4n) is 5.29. The molecular weight excluding hydrogens is 446 g/mol. The summed E-state index contributed by atoms with van der Waals surface area (Å²) >= 11 is 0. The molecule has 1 saturated heterocycles. The Balaban J connectivity index is 1.35. The minimum Gasteiger partial charge on any atom is -0.369 e. The smallest absolute Gasteiger partial charge is 0.251 e. The average Bonchev–Trinajstić information content (AvgIpc) is 2.89. The maximum Gasteiger partial charge on any atom is 0.251 e. The maximum atomic E-state index is 12.9. The van der Waals surface area contributed by atoms with Gasteiger partial charge in [0.1, 0.15) is 5.84 Å². The lowest BCUT2D eigenvalue weighted by molar-refractivity contribution is 0.313. The Morgan fingerprint density at radius 3 is 2.56 bits per heavy atom. The molecule has 1 aliphatic heterocycles. The van der Waals surface area contributed by atoms with Crippen molar-refractivity contribution in [2.45, 2.75) is 32.2 Å². The number of anilines is 2. The van der Waals surface area contributed by atoms with E-state index in [2.05, 4.69) is 82.3 Å². The van der Waals surface area contributed by atoms with E-state index in [4.69, 9.17) is 0 Å². The molecular formula is C30H35N5O. The van der Waals surface area contributed by atoms with Gasteiger partial charge in [0.2, 0.25) is 0 Å². The van der Waals surface area contributed by atoms with Gasteiger partial charge in [0.15, 0.2) is 0 Å². The lowest BCUT2D eigenvalue weighted by atomic mass is 9.87. The van der Waals surface area contributed by atoms with Crippen molar-refractivity contribution in [2.24, 2.45) is 4.99 Å². The predicted octanol–water partition coefficient (Wildman–Crippen LogP) is 3.20. The molecule has 2 aliphatic rings. The van der Waals surface area contributed by atoms with Gasteiger partial charge in [-0.25, -0.2) is 4.99 Å². The van der Waals surface area contributed by atoms with Crippen LogP contribution >= 0.6 is 0 Å². The molecule has 0 bridgehead atoms. The zero-order valence-corrected chi connectivity index (χ0v) is 21.3. The number of likely N-dealkylation sites (N-methyl/N-ethyl adjacent to an activating group) is 1. The number of nitrogens with zero attached hydrogens (tertiary/aromatic N) is 4. The van der Waals surface area contributed by atoms with E-state index in [1.807, 2.05) is 17.6 Å². The van der Waals surface area contributed by atoms with E-state index in [0.717, 1.165) is 62.2 Å². The highest BCUT2D eigenvalue weighted by molar-refractivity contribution is 5.95. The summed E-state index contributed by atoms with van der Waals surface area (Å²) in [5.74, 6) is 0.780. The second-order valence-corrected chi connectivity index (χ2v) is 9.86. The lowest BCUT2D eigenvalue weighted by Gasteiger charge is -2.34. The van der Waals surface area contributed by atoms with Crippen molar-refractivity contribution >= 4 is 30.0 Å². The number of fused-ring (bicyclic) bond motifs is 1. The van der Waals surface area contributed by atoms with Crippen molar-refractivity contribution in [2.75, 3.05) is 43.4 Å². The number of amidine groups is 1. The molecule has 0 amide bonds. The summed E-state index contributed by atoms with van der Waals surface area (Å²) in [7, 11) is 2.17. The van der Waals surface area contributed by atoms with Gasteiger partial charge in [-0.15, -0.1) is 0 Å². The van der Waals surface area contributed by atoms with Crippen LogP contribution in [-0.4, -0.2) is 48.5 Å². The first-order chi connectivity index (χ1) is 17.5. The molecule has 36 heavy (non-hydrogen) atoms. The van der Waals surface area contributed by atoms with Crippen LogP contribution < -0.4 is 26.3 Å². The molecule has 0 spiro atoms. The van der Waals surface area contributed by atoms with Gasteiger partial charge in [0, 0.05) is 60.4 Å². The van der Waals surface area contributed by atoms with Crippen molar-refractivity contribution in [3.63, 3.8) is 0 Å². The van der Waals surface area contributed by atoms with Gasteiger partial charge >= 0.3 is 0 Å². The summed E-state index contributed by atoms with van der Waals surface area (Å²) in [6.07, 6.45) is 4.87. The van der Waals surface area contributed by atoms with Gasteiger partial charge in [0.25, 0.3) is 5.56 Å². The molecule has 186 valence electrons. The Morgan fingerprint density at radius 1 is 1.03 bits per heavy atom. The fourth-order valence-corrected chi connectivity index (χ4v) is 5.29. The van der Waals surface area contributed by atoms with Crippen LogP contribution in [0.25, 0.3) is 12.8 Å². The largest absolute Gasteiger partial charge is 0.369 e. The Labute approximate surface area is 212 Å². The van der Waals surface area contributed by atoms with Gasteiger partial charge in [-0.05, 0) is 74.7 Å². The zero-order chi connectivity index (χ0) is 25.1. The van der Waals surface area contributed by atoms with E-state index in [-0.39, 0.29) is 11.6 Å². The Bertz CT molecular complexity index is 1410. The van der Waals surface area contributed by atoms with Crippen LogP contribution in [-0.2, 0) is 6.42 Å². The molecule has 1 unspecified atom stereocenters. The third-order valence-electron chi connectivity index (χ3n) is 7.37. The SMILES string of the molecule is C=c1/c(=C\N=C(C)Nc2ccc(N3CCN(C)CC3)cc2)ccc(=O)n1C1CCCc2ccccc21. The second-order valence-electron chi connectivity index (χ2n) is 9.86. The molecule has 3 aromatic rings. The molecule has 1 aliphatic carbocycles. The fraction of sp³-hybridized carbons (Fsp3) is 0.333. The number of piperazine rings is 1. The molecule has 6 heteroatoms. The lowest BCUT2D eigenvalue weighted by Crippen LogP contribution is -2.44. The molecule has 0 radical (unpaired) electrons. The summed E-state index contributed by atoms with van der Waals surface area (Å²) in [5, 5.41) is 4.93. The third kappa shape index (κ3) is 5.14. The van der Waals surface area contributed by atoms with Gasteiger partial charge in [-0.3, -0.25) is 4.79 Å². The van der Waals surface area contributed by atoms with E-state index in [1.54, 1.807) is 12.3 Å². The molecule has 0 saturated carbocycles. The van der Waals surface area contributed by atoms with Crippen LogP contribution in [0.1, 0.15) is 36.9 Å². The standard InChI is InChI=1S/C30H35N5O/c1-22-25(11-16-30(36)35(22)29-10-6-8-24-7-4-5-9-28(24)29)21-31-23(2)32-26-12-14-27(15-13-26)34-19-17-33(3)18-20-34/h4-5,7,9,11-16,21,29H,1,6,8,10,17-20H2,2-3H3,(H,31,32)/b25-21-. The first-order valence-corrected chi connectivity index (χ1v) is 12.8. The summed E-state index contributed by atoms with van der Waals surface area (Å²) in [5.41, 5.74) is 4.79. The number of hydrogen-bond donors (Lipinski definition) is 1. The number of aromatic nitrogens is 1. The number of benzene rings is 2. The first kappa shape index (κ1) is 24.1. The molecule has 1 fully saturated rings. The minimum absolute atomic E-state index is 0.0156. The summed E-state index contributed by atoms with van der Waals surface area (Å²) in [4.78, 5) is 22.3. The molecule has 2 aromatic carbocycles. The normalized spacial score (nSPS) is 19.3. The number of aryl methyl sites for hydroxylation is 1. The van der Waals surface area contributed by atoms with E-state index in [1.165, 1.54) is 16.8 Å². The number of rotatable bonds is 4. The average molecular weight is 482 g/mol. The van der Waals surface area contributed by atoms with Crippen molar-refractivity contribution in [3.8, 4) is 0 Å². The van der Waals surface area contributed by atoms with Crippen molar-refractivity contribution in [3.05, 3.63) is 92.7 Å². The Kier molecular flexibility index (Phi) is 7.05. The quantitative estimate of drug-likeness (QED) is 0.459. The molecule has 1 atom stereocenters. The number of aliphatic imine (C=N–C) groups is 1. The first-order valence-electron chi connectivity index (χ1n) is 12.8. The Hall–Kier alpha value is -3.64. The van der Waals surface area contributed by atoms with Crippen molar-refractivity contribution in [1.82, 2.24) is 9.47 Å². The monoisotopic (exact) mass is 481 g/mol. The van der Waals surface area contributed by atoms with Gasteiger partial charge < -0.3 is 19.7 Å². The van der Waals surface area contributed by atoms with Crippen LogP contribution in [0.2, 0.25) is 0 Å². The highest BCUT2D eigenvalue weighted by atomic mass is 16.1. The van der Waals surface area contributed by atoms with E-state index < -0.39 is 0 Å². The maximum absolute atomic E-state index is 12.9. The van der Waals surface area contributed by atoms with Crippen LogP contribution in [0.3, 0.4) is 0 Å². The van der Waals surface area contributed by atoms with Gasteiger partial charge in [0.05, 0.1) is 6.04 Å². The summed E-state index contributed by atoms with van der Waals surface area (Å²) in [6, 6.07) is 20.4. The predicted molar refractivity (Wildman–Crippen MR) is 150 cm³/mol. The minimum atomic E-state index is -0.0156. The summed E-state index contributed by atoms with van der Waals surface area (Å²) < 4.78 is 1.85. The van der Waals surface area contributed by atoms with Crippen molar-refractivity contribution < 1.29 is 0 Å². The molecule has 2 heterocycles. The van der Waals surface area contributed by atoms with Gasteiger partial charge in [-0.1, -0.05) is 30.8 Å². The Morgan fingerprint density at radius 2 is 1.78 bits per heavy atom. The highest BCUT2D eigenvalue weighted by Gasteiger charge is 2.22. The van der Waals surface area contributed by atoms with Crippen LogP contribution in [0.4, 0.5) is 11.4 Å². The van der Waals surface area contributed by atoms with Crippen LogP contribution in [0.15, 0.2) is 70.5 Å². The van der Waals surface area contributed by atoms with Crippen molar-refractivity contribution in [1.29, 1.82) is 0 Å². The highest BCUT2D eigenvalue weighted by Crippen LogP contribution is 2.30. The van der Waals surface area contributed by atoms with E-state index in [9.17, 15) is 4.79 Å². The topological polar surface area (TPSA) is 52.9 Å². The van der Waals surface area contributed by atoms with E-state index >= 15 is 0 Å². The van der Waals surface area contributed by atoms with Crippen LogP contribution in [0.5, 0.6) is 0 Å². The molecule has 1 N–H and O–H groups in total. The second kappa shape index (κ2) is 10.5. The molecule has 5 rings (SSSR count). The number of pyridine rings is 1. The summed E-state index contributed by atoms with van der Waals surface area (Å²) in [6.45, 7) is 10.5. The third-order valence-corrected chi connectivity index (χ3v) is 7.37. The number of hydrogen-bond acceptors (Lipinski definition) is 4. The zero-order valence-electron chi connectivity index (χ0n) is 21.3. The molecule has 1 aromatic heterocycles. The van der Waals surface area contributed by atoms with Crippen LogP contribution in [0, 0.1) is 0 Å². The van der Waals surface area contributed by atoms with E-state index in [0.29, 0.717) is 5.35 Å². The van der Waals surface area contributed by atoms with Gasteiger partial charge in [-0.2, -0.15) is 0 Å². The molecule has 6 nitrogen and oxygen atoms in total.